The summed E-state index contributed by atoms with van der Waals surface area (Å²) in [7, 11) is -1.26. The fourth-order valence-electron chi connectivity index (χ4n) is 3.41. The van der Waals surface area contributed by atoms with Gasteiger partial charge in [-0.3, -0.25) is 4.98 Å². The number of rotatable bonds is 10. The minimum Gasteiger partial charge on any atom is -0.398 e. The van der Waals surface area contributed by atoms with Gasteiger partial charge >= 0.3 is 0 Å². The van der Waals surface area contributed by atoms with Gasteiger partial charge in [-0.2, -0.15) is 0 Å². The molecule has 6 nitrogen and oxygen atoms in total. The molecule has 2 aromatic heterocycles. The minimum atomic E-state index is -1.56. The van der Waals surface area contributed by atoms with Gasteiger partial charge in [-0.05, 0) is 52.3 Å². The maximum atomic E-state index is 14.0. The van der Waals surface area contributed by atoms with E-state index in [1.54, 1.807) is 35.2 Å². The Morgan fingerprint density at radius 2 is 2.06 bits per heavy atom. The van der Waals surface area contributed by atoms with E-state index in [1.807, 2.05) is 0 Å². The molecule has 2 heterocycles. The van der Waals surface area contributed by atoms with Gasteiger partial charge in [0.2, 0.25) is 0 Å². The van der Waals surface area contributed by atoms with Crippen LogP contribution in [0.1, 0.15) is 17.9 Å². The summed E-state index contributed by atoms with van der Waals surface area (Å²) in [4.78, 5) is 9.11. The van der Waals surface area contributed by atoms with Crippen LogP contribution in [0.5, 0.6) is 0 Å². The summed E-state index contributed by atoms with van der Waals surface area (Å²) in [5.41, 5.74) is 6.23. The van der Waals surface area contributed by atoms with E-state index in [0.29, 0.717) is 35.1 Å². The quantitative estimate of drug-likeness (QED) is 0.154. The van der Waals surface area contributed by atoms with E-state index in [-0.39, 0.29) is 13.2 Å². The Kier molecular flexibility index (Phi) is 7.89. The number of nitrogens with two attached hydrogens (primary N) is 1. The van der Waals surface area contributed by atoms with Crippen molar-refractivity contribution in [2.24, 2.45) is 0 Å². The molecule has 1 aromatic carbocycles. The molecule has 0 bridgehead atoms. The second kappa shape index (κ2) is 10.3. The number of pyridine rings is 1. The second-order valence-electron chi connectivity index (χ2n) is 9.21. The Bertz CT molecular complexity index is 1110. The molecule has 0 aliphatic carbocycles. The highest BCUT2D eigenvalue weighted by molar-refractivity contribution is 9.10. The maximum Gasteiger partial charge on any atom is 0.167 e. The summed E-state index contributed by atoms with van der Waals surface area (Å²) in [6, 6.07) is 8.68. The van der Waals surface area contributed by atoms with Crippen LogP contribution in [-0.4, -0.2) is 34.3 Å². The number of halogens is 2. The van der Waals surface area contributed by atoms with Crippen LogP contribution >= 0.6 is 15.9 Å². The molecule has 0 amide bonds. The molecule has 3 aromatic rings. The molecule has 3 rings (SSSR count). The third kappa shape index (κ3) is 6.17. The zero-order valence-corrected chi connectivity index (χ0v) is 21.8. The molecule has 3 N–H and O–H groups in total. The summed E-state index contributed by atoms with van der Waals surface area (Å²) >= 11 is 3.38. The number of nitrogen functional groups attached to an aromatic ring is 1. The molecule has 0 aliphatic heterocycles. The lowest BCUT2D eigenvalue weighted by Gasteiger charge is -2.27. The Labute approximate surface area is 203 Å². The first-order chi connectivity index (χ1) is 15.5. The standard InChI is InChI=1S/C24H30BrFN4O2Si/c1-5-10-24(31,22-9-6-17(25)14-28-22)23-29-21(19-13-18(26)7-8-20(19)27)15-30(23)16-32-11-12-33(2,3)4/h5-9,13-15,31H,1,10-12,16,27H2,2-4H3. The molecular formula is C24H30BrFN4O2Si. The number of aromatic nitrogens is 3. The van der Waals surface area contributed by atoms with Crippen LogP contribution in [-0.2, 0) is 17.1 Å². The number of benzene rings is 1. The molecule has 1 atom stereocenters. The van der Waals surface area contributed by atoms with Gasteiger partial charge < -0.3 is 20.1 Å². The zero-order chi connectivity index (χ0) is 24.2. The van der Waals surface area contributed by atoms with Gasteiger partial charge in [0.05, 0.1) is 11.4 Å². The highest BCUT2D eigenvalue weighted by atomic mass is 79.9. The van der Waals surface area contributed by atoms with Gasteiger partial charge in [-0.1, -0.05) is 25.7 Å². The topological polar surface area (TPSA) is 86.2 Å². The van der Waals surface area contributed by atoms with E-state index >= 15 is 0 Å². The second-order valence-corrected chi connectivity index (χ2v) is 15.8. The van der Waals surface area contributed by atoms with Gasteiger partial charge in [0.1, 0.15) is 18.4 Å². The molecule has 1 unspecified atom stereocenters. The molecule has 0 radical (unpaired) electrons. The van der Waals surface area contributed by atoms with Crippen LogP contribution in [0.15, 0.2) is 59.9 Å². The van der Waals surface area contributed by atoms with Crippen molar-refractivity contribution in [3.8, 4) is 11.3 Å². The summed E-state index contributed by atoms with van der Waals surface area (Å²) in [5, 5.41) is 11.8. The predicted octanol–water partition coefficient (Wildman–Crippen LogP) is 5.55. The number of aliphatic hydroxyl groups is 1. The summed E-state index contributed by atoms with van der Waals surface area (Å²) in [5.74, 6) is -0.0958. The molecule has 0 saturated heterocycles. The molecular weight excluding hydrogens is 503 g/mol. The van der Waals surface area contributed by atoms with Gasteiger partial charge in [0, 0.05) is 49.2 Å². The molecule has 33 heavy (non-hydrogen) atoms. The summed E-state index contributed by atoms with van der Waals surface area (Å²) < 4.78 is 22.4. The normalized spacial score (nSPS) is 13.6. The van der Waals surface area contributed by atoms with E-state index in [0.717, 1.165) is 10.5 Å². The summed E-state index contributed by atoms with van der Waals surface area (Å²) in [6.07, 6.45) is 5.13. The van der Waals surface area contributed by atoms with Gasteiger partial charge in [-0.25, -0.2) is 9.37 Å². The summed E-state index contributed by atoms with van der Waals surface area (Å²) in [6.45, 7) is 11.4. The molecule has 0 spiro atoms. The van der Waals surface area contributed by atoms with Crippen molar-refractivity contribution in [3.05, 3.63) is 77.2 Å². The van der Waals surface area contributed by atoms with Crippen LogP contribution in [0.4, 0.5) is 10.1 Å². The van der Waals surface area contributed by atoms with Gasteiger partial charge in [-0.15, -0.1) is 6.58 Å². The van der Waals surface area contributed by atoms with Crippen molar-refractivity contribution in [2.75, 3.05) is 12.3 Å². The van der Waals surface area contributed by atoms with Crippen LogP contribution in [0, 0.1) is 5.82 Å². The van der Waals surface area contributed by atoms with E-state index in [1.165, 1.54) is 18.2 Å². The Hall–Kier alpha value is -2.33. The largest absolute Gasteiger partial charge is 0.398 e. The van der Waals surface area contributed by atoms with Crippen LogP contribution in [0.2, 0.25) is 25.7 Å². The van der Waals surface area contributed by atoms with Crippen LogP contribution < -0.4 is 5.73 Å². The average Bonchev–Trinajstić information content (AvgIpc) is 3.17. The van der Waals surface area contributed by atoms with Crippen molar-refractivity contribution in [2.45, 2.75) is 44.4 Å². The number of hydrogen-bond acceptors (Lipinski definition) is 5. The fourth-order valence-corrected chi connectivity index (χ4v) is 4.40. The van der Waals surface area contributed by atoms with E-state index in [2.05, 4.69) is 47.1 Å². The predicted molar refractivity (Wildman–Crippen MR) is 136 cm³/mol. The Balaban J connectivity index is 2.07. The highest BCUT2D eigenvalue weighted by Crippen LogP contribution is 2.35. The number of anilines is 1. The van der Waals surface area contributed by atoms with Crippen molar-refractivity contribution >= 4 is 29.7 Å². The first-order valence-corrected chi connectivity index (χ1v) is 15.2. The van der Waals surface area contributed by atoms with E-state index in [4.69, 9.17) is 15.5 Å². The monoisotopic (exact) mass is 532 g/mol. The molecule has 0 saturated carbocycles. The van der Waals surface area contributed by atoms with Gasteiger partial charge in [0.25, 0.3) is 0 Å². The van der Waals surface area contributed by atoms with Crippen LogP contribution in [0.3, 0.4) is 0 Å². The minimum absolute atomic E-state index is 0.172. The number of imidazole rings is 1. The van der Waals surface area contributed by atoms with Gasteiger partial charge in [0.15, 0.2) is 5.60 Å². The van der Waals surface area contributed by atoms with Crippen molar-refractivity contribution < 1.29 is 14.2 Å². The molecule has 0 aliphatic rings. The SMILES string of the molecule is C=CCC(O)(c1ccc(Br)cn1)c1nc(-c2cc(F)ccc2N)cn1COCC[Si](C)(C)C. The highest BCUT2D eigenvalue weighted by Gasteiger charge is 2.37. The third-order valence-corrected chi connectivity index (χ3v) is 7.43. The number of nitrogens with zero attached hydrogens (tertiary/aromatic N) is 3. The smallest absolute Gasteiger partial charge is 0.167 e. The maximum absolute atomic E-state index is 14.0. The third-order valence-electron chi connectivity index (χ3n) is 5.26. The number of ether oxygens (including phenoxy) is 1. The Morgan fingerprint density at radius 3 is 2.70 bits per heavy atom. The van der Waals surface area contributed by atoms with Crippen molar-refractivity contribution in [3.63, 3.8) is 0 Å². The first kappa shape index (κ1) is 25.3. The van der Waals surface area contributed by atoms with E-state index in [9.17, 15) is 9.50 Å². The molecule has 176 valence electrons. The fraction of sp³-hybridized carbons (Fsp3) is 0.333. The zero-order valence-electron chi connectivity index (χ0n) is 19.2. The Morgan fingerprint density at radius 1 is 1.30 bits per heavy atom. The average molecular weight is 534 g/mol. The van der Waals surface area contributed by atoms with Crippen LogP contribution in [0.25, 0.3) is 11.3 Å². The lowest BCUT2D eigenvalue weighted by atomic mass is 9.93. The lowest BCUT2D eigenvalue weighted by molar-refractivity contribution is 0.0423. The molecule has 0 fully saturated rings. The van der Waals surface area contributed by atoms with Crippen molar-refractivity contribution in [1.29, 1.82) is 0 Å². The van der Waals surface area contributed by atoms with E-state index < -0.39 is 19.5 Å². The van der Waals surface area contributed by atoms with Crippen molar-refractivity contribution in [1.82, 2.24) is 14.5 Å². The first-order valence-electron chi connectivity index (χ1n) is 10.7. The number of hydrogen-bond donors (Lipinski definition) is 2. The lowest BCUT2D eigenvalue weighted by Crippen LogP contribution is -2.32. The molecule has 9 heteroatoms.